The molecule has 0 radical (unpaired) electrons. The summed E-state index contributed by atoms with van der Waals surface area (Å²) in [6, 6.07) is 12.0. The standard InChI is InChI=1S/C19H20N4O/c1-12-14-6-4-3-5-13(14)7-8-15(12)19(24)21-18-16-9-10-20-11-17(16)23(2)22-18/h3-8,20H,9-11H2,1-2H3,(H,21,22,24). The van der Waals surface area contributed by atoms with Crippen LogP contribution in [0.25, 0.3) is 10.8 Å². The van der Waals surface area contributed by atoms with E-state index in [1.54, 1.807) is 0 Å². The fourth-order valence-corrected chi connectivity index (χ4v) is 3.46. The summed E-state index contributed by atoms with van der Waals surface area (Å²) in [4.78, 5) is 12.8. The minimum Gasteiger partial charge on any atom is -0.311 e. The van der Waals surface area contributed by atoms with Crippen LogP contribution in [-0.4, -0.2) is 22.2 Å². The summed E-state index contributed by atoms with van der Waals surface area (Å²) in [5.41, 5.74) is 3.98. The number of amides is 1. The number of carbonyl (C=O) groups excluding carboxylic acids is 1. The van der Waals surface area contributed by atoms with Crippen molar-refractivity contribution in [1.82, 2.24) is 15.1 Å². The molecule has 1 amide bonds. The molecule has 4 rings (SSSR count). The quantitative estimate of drug-likeness (QED) is 0.763. The number of benzene rings is 2. The molecule has 5 nitrogen and oxygen atoms in total. The highest BCUT2D eigenvalue weighted by Crippen LogP contribution is 2.25. The van der Waals surface area contributed by atoms with E-state index in [1.807, 2.05) is 42.9 Å². The lowest BCUT2D eigenvalue weighted by molar-refractivity contribution is 0.102. The fourth-order valence-electron chi connectivity index (χ4n) is 3.46. The molecule has 0 atom stereocenters. The lowest BCUT2D eigenvalue weighted by Crippen LogP contribution is -2.25. The van der Waals surface area contributed by atoms with Gasteiger partial charge in [0, 0.05) is 24.7 Å². The summed E-state index contributed by atoms with van der Waals surface area (Å²) < 4.78 is 1.85. The number of nitrogens with zero attached hydrogens (tertiary/aromatic N) is 2. The van der Waals surface area contributed by atoms with Crippen LogP contribution in [0.3, 0.4) is 0 Å². The molecular formula is C19H20N4O. The molecule has 1 aromatic heterocycles. The van der Waals surface area contributed by atoms with E-state index in [2.05, 4.69) is 27.9 Å². The molecular weight excluding hydrogens is 300 g/mol. The number of fused-ring (bicyclic) bond motifs is 2. The summed E-state index contributed by atoms with van der Waals surface area (Å²) in [6.45, 7) is 3.70. The second-order valence-corrected chi connectivity index (χ2v) is 6.24. The van der Waals surface area contributed by atoms with E-state index < -0.39 is 0 Å². The number of aryl methyl sites for hydroxylation is 2. The number of hydrogen-bond acceptors (Lipinski definition) is 3. The zero-order valence-corrected chi connectivity index (χ0v) is 13.9. The van der Waals surface area contributed by atoms with Crippen molar-refractivity contribution < 1.29 is 4.79 Å². The van der Waals surface area contributed by atoms with Gasteiger partial charge in [-0.15, -0.1) is 0 Å². The van der Waals surface area contributed by atoms with Crippen LogP contribution in [0.15, 0.2) is 36.4 Å². The van der Waals surface area contributed by atoms with Crippen molar-refractivity contribution in [2.75, 3.05) is 11.9 Å². The van der Waals surface area contributed by atoms with Crippen molar-refractivity contribution in [3.8, 4) is 0 Å². The normalized spacial score (nSPS) is 13.8. The van der Waals surface area contributed by atoms with Gasteiger partial charge in [0.25, 0.3) is 5.91 Å². The highest BCUT2D eigenvalue weighted by atomic mass is 16.1. The summed E-state index contributed by atoms with van der Waals surface area (Å²) >= 11 is 0. The molecule has 0 bridgehead atoms. The number of hydrogen-bond donors (Lipinski definition) is 2. The molecule has 0 unspecified atom stereocenters. The number of carbonyl (C=O) groups is 1. The summed E-state index contributed by atoms with van der Waals surface area (Å²) in [5.74, 6) is 0.587. The maximum Gasteiger partial charge on any atom is 0.257 e. The van der Waals surface area contributed by atoms with E-state index in [9.17, 15) is 4.79 Å². The topological polar surface area (TPSA) is 59.0 Å². The van der Waals surface area contributed by atoms with Gasteiger partial charge in [0.2, 0.25) is 0 Å². The van der Waals surface area contributed by atoms with Crippen molar-refractivity contribution in [3.63, 3.8) is 0 Å². The molecule has 2 N–H and O–H groups in total. The molecule has 1 aliphatic heterocycles. The molecule has 0 saturated heterocycles. The predicted molar refractivity (Wildman–Crippen MR) is 95.3 cm³/mol. The Bertz CT molecular complexity index is 942. The van der Waals surface area contributed by atoms with Gasteiger partial charge in [0.1, 0.15) is 0 Å². The van der Waals surface area contributed by atoms with Crippen molar-refractivity contribution >= 4 is 22.5 Å². The van der Waals surface area contributed by atoms with Gasteiger partial charge < -0.3 is 10.6 Å². The molecule has 2 heterocycles. The van der Waals surface area contributed by atoms with E-state index in [0.29, 0.717) is 11.4 Å². The first kappa shape index (κ1) is 14.9. The lowest BCUT2D eigenvalue weighted by atomic mass is 9.99. The Kier molecular flexibility index (Phi) is 3.58. The summed E-state index contributed by atoms with van der Waals surface area (Å²) in [6.07, 6.45) is 0.884. The van der Waals surface area contributed by atoms with Crippen LogP contribution in [0.4, 0.5) is 5.82 Å². The van der Waals surface area contributed by atoms with E-state index in [-0.39, 0.29) is 5.91 Å². The molecule has 1 aliphatic rings. The van der Waals surface area contributed by atoms with Crippen LogP contribution in [0.5, 0.6) is 0 Å². The van der Waals surface area contributed by atoms with Gasteiger partial charge in [-0.3, -0.25) is 9.48 Å². The monoisotopic (exact) mass is 320 g/mol. The largest absolute Gasteiger partial charge is 0.311 e. The molecule has 122 valence electrons. The zero-order valence-electron chi connectivity index (χ0n) is 13.9. The van der Waals surface area contributed by atoms with Gasteiger partial charge in [-0.05, 0) is 42.3 Å². The average molecular weight is 320 g/mol. The number of rotatable bonds is 2. The maximum absolute atomic E-state index is 12.8. The van der Waals surface area contributed by atoms with Gasteiger partial charge in [0.15, 0.2) is 5.82 Å². The third kappa shape index (κ3) is 2.37. The van der Waals surface area contributed by atoms with Crippen molar-refractivity contribution in [2.45, 2.75) is 19.9 Å². The van der Waals surface area contributed by atoms with E-state index in [4.69, 9.17) is 0 Å². The molecule has 3 aromatic rings. The average Bonchev–Trinajstić information content (AvgIpc) is 2.92. The summed E-state index contributed by atoms with van der Waals surface area (Å²) in [7, 11) is 1.92. The number of anilines is 1. The highest BCUT2D eigenvalue weighted by molar-refractivity contribution is 6.08. The Morgan fingerprint density at radius 2 is 2.08 bits per heavy atom. The van der Waals surface area contributed by atoms with Crippen LogP contribution >= 0.6 is 0 Å². The van der Waals surface area contributed by atoms with Crippen LogP contribution in [0, 0.1) is 6.92 Å². The van der Waals surface area contributed by atoms with Crippen LogP contribution < -0.4 is 10.6 Å². The maximum atomic E-state index is 12.8. The van der Waals surface area contributed by atoms with E-state index >= 15 is 0 Å². The third-order valence-corrected chi connectivity index (χ3v) is 4.79. The first-order valence-corrected chi connectivity index (χ1v) is 8.20. The van der Waals surface area contributed by atoms with E-state index in [0.717, 1.165) is 47.1 Å². The van der Waals surface area contributed by atoms with Crippen molar-refractivity contribution in [1.29, 1.82) is 0 Å². The molecule has 0 spiro atoms. The second-order valence-electron chi connectivity index (χ2n) is 6.24. The SMILES string of the molecule is Cc1c(C(=O)Nc2nn(C)c3c2CCNC3)ccc2ccccc12. The number of aromatic nitrogens is 2. The molecule has 24 heavy (non-hydrogen) atoms. The minimum absolute atomic E-state index is 0.0994. The second kappa shape index (κ2) is 5.76. The van der Waals surface area contributed by atoms with Crippen LogP contribution in [0.1, 0.15) is 27.2 Å². The Morgan fingerprint density at radius 1 is 1.25 bits per heavy atom. The first-order valence-electron chi connectivity index (χ1n) is 8.20. The highest BCUT2D eigenvalue weighted by Gasteiger charge is 2.21. The Labute approximate surface area is 140 Å². The van der Waals surface area contributed by atoms with Gasteiger partial charge in [-0.25, -0.2) is 0 Å². The molecule has 0 fully saturated rings. The molecule has 0 aliphatic carbocycles. The first-order chi connectivity index (χ1) is 11.6. The summed E-state index contributed by atoms with van der Waals surface area (Å²) in [5, 5.41) is 13.1. The predicted octanol–water partition coefficient (Wildman–Crippen LogP) is 2.78. The Morgan fingerprint density at radius 3 is 2.96 bits per heavy atom. The third-order valence-electron chi connectivity index (χ3n) is 4.79. The van der Waals surface area contributed by atoms with Gasteiger partial charge in [0.05, 0.1) is 5.69 Å². The zero-order chi connectivity index (χ0) is 16.7. The van der Waals surface area contributed by atoms with Gasteiger partial charge in [-0.1, -0.05) is 30.3 Å². The Hall–Kier alpha value is -2.66. The molecule has 5 heteroatoms. The van der Waals surface area contributed by atoms with E-state index in [1.165, 1.54) is 0 Å². The molecule has 0 saturated carbocycles. The lowest BCUT2D eigenvalue weighted by Gasteiger charge is -2.14. The Balaban J connectivity index is 1.69. The van der Waals surface area contributed by atoms with Gasteiger partial charge >= 0.3 is 0 Å². The van der Waals surface area contributed by atoms with Crippen LogP contribution in [0.2, 0.25) is 0 Å². The van der Waals surface area contributed by atoms with Crippen molar-refractivity contribution in [2.24, 2.45) is 7.05 Å². The number of nitrogens with one attached hydrogen (secondary N) is 2. The van der Waals surface area contributed by atoms with Gasteiger partial charge in [-0.2, -0.15) is 5.10 Å². The van der Waals surface area contributed by atoms with Crippen LogP contribution in [-0.2, 0) is 20.0 Å². The smallest absolute Gasteiger partial charge is 0.257 e. The van der Waals surface area contributed by atoms with Crippen molar-refractivity contribution in [3.05, 3.63) is 58.8 Å². The minimum atomic E-state index is -0.0994. The fraction of sp³-hybridized carbons (Fsp3) is 0.263. The molecule has 2 aromatic carbocycles.